The number of alkyl halides is 2. The number of benzene rings is 1. The van der Waals surface area contributed by atoms with Gasteiger partial charge in [0.25, 0.3) is 10.1 Å². The van der Waals surface area contributed by atoms with Gasteiger partial charge in [-0.25, -0.2) is 4.18 Å². The highest BCUT2D eigenvalue weighted by atomic mass is 35.5. The van der Waals surface area contributed by atoms with E-state index in [1.165, 1.54) is 12.1 Å². The van der Waals surface area contributed by atoms with E-state index in [2.05, 4.69) is 4.18 Å². The van der Waals surface area contributed by atoms with E-state index in [1.807, 2.05) is 0 Å². The maximum Gasteiger partial charge on any atom is 0.538 e. The lowest BCUT2D eigenvalue weighted by Gasteiger charge is -2.15. The summed E-state index contributed by atoms with van der Waals surface area (Å²) in [7, 11) is -4.54. The number of rotatable bonds is 5. The Labute approximate surface area is 112 Å². The standard InChI is InChI=1S/C9H8ClF2NO5S/c1-6(9(11,12)13(14)15)18-19(16,17)8-4-2-7(10)3-5-8/h2-6H,1H3/t6-/m1/s1. The predicted octanol–water partition coefficient (Wildman–Crippen LogP) is 2.30. The average molecular weight is 316 g/mol. The summed E-state index contributed by atoms with van der Waals surface area (Å²) in [6.07, 6.45) is -2.44. The summed E-state index contributed by atoms with van der Waals surface area (Å²) in [5.74, 6) is 0. The maximum atomic E-state index is 12.9. The molecule has 6 nitrogen and oxygen atoms in total. The van der Waals surface area contributed by atoms with Crippen LogP contribution in [0.4, 0.5) is 8.78 Å². The van der Waals surface area contributed by atoms with Crippen LogP contribution in [-0.2, 0) is 14.3 Å². The molecule has 106 valence electrons. The summed E-state index contributed by atoms with van der Waals surface area (Å²) in [6.45, 7) is 0.594. The quantitative estimate of drug-likeness (QED) is 0.360. The smallest absolute Gasteiger partial charge is 0.259 e. The predicted molar refractivity (Wildman–Crippen MR) is 61.1 cm³/mol. The van der Waals surface area contributed by atoms with Crippen LogP contribution in [0.1, 0.15) is 6.92 Å². The fourth-order valence-corrected chi connectivity index (χ4v) is 2.26. The van der Waals surface area contributed by atoms with Crippen LogP contribution in [-0.4, -0.2) is 25.5 Å². The fraction of sp³-hybridized carbons (Fsp3) is 0.333. The summed E-state index contributed by atoms with van der Waals surface area (Å²) in [5, 5.41) is 10.3. The molecule has 10 heteroatoms. The van der Waals surface area contributed by atoms with Gasteiger partial charge >= 0.3 is 6.05 Å². The van der Waals surface area contributed by atoms with E-state index in [-0.39, 0.29) is 5.02 Å². The van der Waals surface area contributed by atoms with Gasteiger partial charge in [-0.1, -0.05) is 11.6 Å². The van der Waals surface area contributed by atoms with Crippen molar-refractivity contribution in [1.29, 1.82) is 0 Å². The molecule has 0 unspecified atom stereocenters. The van der Waals surface area contributed by atoms with Crippen molar-refractivity contribution in [2.45, 2.75) is 24.0 Å². The third-order valence-electron chi connectivity index (χ3n) is 2.11. The number of halogens is 3. The zero-order valence-electron chi connectivity index (χ0n) is 9.42. The monoisotopic (exact) mass is 315 g/mol. The molecule has 1 aromatic carbocycles. The first-order valence-electron chi connectivity index (χ1n) is 4.78. The van der Waals surface area contributed by atoms with Crippen LogP contribution in [0.5, 0.6) is 0 Å². The molecule has 1 rings (SSSR count). The van der Waals surface area contributed by atoms with E-state index >= 15 is 0 Å². The van der Waals surface area contributed by atoms with Crippen molar-refractivity contribution in [1.82, 2.24) is 0 Å². The molecule has 0 aliphatic rings. The van der Waals surface area contributed by atoms with Gasteiger partial charge in [-0.05, 0) is 31.2 Å². The van der Waals surface area contributed by atoms with Crippen LogP contribution in [0.25, 0.3) is 0 Å². The van der Waals surface area contributed by atoms with Gasteiger partial charge in [0.05, 0.1) is 9.82 Å². The fourth-order valence-electron chi connectivity index (χ4n) is 1.05. The van der Waals surface area contributed by atoms with Crippen molar-refractivity contribution >= 4 is 21.7 Å². The molecule has 1 aromatic rings. The largest absolute Gasteiger partial charge is 0.538 e. The van der Waals surface area contributed by atoms with Crippen LogP contribution in [0.2, 0.25) is 5.02 Å². The molecule has 0 heterocycles. The highest BCUT2D eigenvalue weighted by Crippen LogP contribution is 2.26. The van der Waals surface area contributed by atoms with Crippen LogP contribution >= 0.6 is 11.6 Å². The van der Waals surface area contributed by atoms with Crippen molar-refractivity contribution in [3.05, 3.63) is 39.4 Å². The van der Waals surface area contributed by atoms with E-state index in [4.69, 9.17) is 11.6 Å². The minimum Gasteiger partial charge on any atom is -0.259 e. The first kappa shape index (κ1) is 15.7. The minimum atomic E-state index is -4.54. The molecule has 0 saturated heterocycles. The van der Waals surface area contributed by atoms with Crippen LogP contribution in [0.15, 0.2) is 29.2 Å². The molecule has 0 saturated carbocycles. The maximum absolute atomic E-state index is 12.9. The summed E-state index contributed by atoms with van der Waals surface area (Å²) >= 11 is 5.54. The highest BCUT2D eigenvalue weighted by Gasteiger charge is 2.53. The Bertz CT molecular complexity index is 575. The molecule has 0 bridgehead atoms. The number of nitrogens with zero attached hydrogens (tertiary/aromatic N) is 1. The van der Waals surface area contributed by atoms with Gasteiger partial charge in [0.2, 0.25) is 6.10 Å². The van der Waals surface area contributed by atoms with Crippen molar-refractivity contribution in [3.8, 4) is 0 Å². The van der Waals surface area contributed by atoms with Gasteiger partial charge in [0.1, 0.15) is 0 Å². The van der Waals surface area contributed by atoms with Crippen molar-refractivity contribution < 1.29 is 26.3 Å². The number of hydrogen-bond donors (Lipinski definition) is 0. The average Bonchev–Trinajstić information content (AvgIpc) is 2.28. The molecule has 19 heavy (non-hydrogen) atoms. The van der Waals surface area contributed by atoms with Gasteiger partial charge in [-0.15, -0.1) is 8.78 Å². The Morgan fingerprint density at radius 1 is 1.37 bits per heavy atom. The number of hydrogen-bond acceptors (Lipinski definition) is 5. The molecule has 0 fully saturated rings. The molecule has 0 aliphatic carbocycles. The lowest BCUT2D eigenvalue weighted by molar-refractivity contribution is -0.654. The van der Waals surface area contributed by atoms with Crippen LogP contribution in [0.3, 0.4) is 0 Å². The molecule has 0 N–H and O–H groups in total. The molecule has 0 radical (unpaired) electrons. The summed E-state index contributed by atoms with van der Waals surface area (Å²) in [4.78, 5) is 7.76. The first-order chi connectivity index (χ1) is 8.57. The molecule has 0 aliphatic heterocycles. The third-order valence-corrected chi connectivity index (χ3v) is 3.75. The van der Waals surface area contributed by atoms with E-state index in [1.54, 1.807) is 0 Å². The lowest BCUT2D eigenvalue weighted by Crippen LogP contribution is -2.41. The second-order valence-corrected chi connectivity index (χ2v) is 5.50. The Kier molecular flexibility index (Phi) is 4.43. The molecule has 0 aromatic heterocycles. The molecule has 0 spiro atoms. The van der Waals surface area contributed by atoms with Crippen LogP contribution < -0.4 is 0 Å². The topological polar surface area (TPSA) is 86.5 Å². The molecule has 0 amide bonds. The normalized spacial score (nSPS) is 14.1. The zero-order chi connectivity index (χ0) is 14.8. The Balaban J connectivity index is 2.98. The summed E-state index contributed by atoms with van der Waals surface area (Å²) < 4.78 is 53.2. The summed E-state index contributed by atoms with van der Waals surface area (Å²) in [5.41, 5.74) is 0. The van der Waals surface area contributed by atoms with E-state index in [9.17, 15) is 27.3 Å². The highest BCUT2D eigenvalue weighted by molar-refractivity contribution is 7.86. The third kappa shape index (κ3) is 3.58. The Hall–Kier alpha value is -1.32. The van der Waals surface area contributed by atoms with Gasteiger partial charge in [0.15, 0.2) is 0 Å². The van der Waals surface area contributed by atoms with Gasteiger partial charge in [0, 0.05) is 5.02 Å². The summed E-state index contributed by atoms with van der Waals surface area (Å²) in [6, 6.07) is -0.00884. The second kappa shape index (κ2) is 5.35. The van der Waals surface area contributed by atoms with E-state index < -0.39 is 32.1 Å². The van der Waals surface area contributed by atoms with Crippen molar-refractivity contribution in [3.63, 3.8) is 0 Å². The SMILES string of the molecule is C[C@@H](OS(=O)(=O)c1ccc(Cl)cc1)C(F)(F)[N+](=O)[O-]. The van der Waals surface area contributed by atoms with Crippen molar-refractivity contribution in [2.24, 2.45) is 0 Å². The second-order valence-electron chi connectivity index (χ2n) is 3.49. The van der Waals surface area contributed by atoms with Crippen LogP contribution in [0, 0.1) is 10.1 Å². The van der Waals surface area contributed by atoms with Crippen molar-refractivity contribution in [2.75, 3.05) is 0 Å². The van der Waals surface area contributed by atoms with Gasteiger partial charge in [-0.2, -0.15) is 8.42 Å². The Morgan fingerprint density at radius 2 is 1.84 bits per heavy atom. The Morgan fingerprint density at radius 3 is 2.26 bits per heavy atom. The first-order valence-corrected chi connectivity index (χ1v) is 6.57. The van der Waals surface area contributed by atoms with Gasteiger partial charge in [-0.3, -0.25) is 10.1 Å². The van der Waals surface area contributed by atoms with Gasteiger partial charge < -0.3 is 0 Å². The van der Waals surface area contributed by atoms with E-state index in [0.29, 0.717) is 6.92 Å². The molecular weight excluding hydrogens is 308 g/mol. The molecular formula is C9H8ClF2NO5S. The lowest BCUT2D eigenvalue weighted by atomic mass is 10.4. The minimum absolute atomic E-state index is 0.239. The molecule has 1 atom stereocenters. The number of nitro groups is 1. The zero-order valence-corrected chi connectivity index (χ0v) is 11.0. The van der Waals surface area contributed by atoms with E-state index in [0.717, 1.165) is 12.1 Å².